The molecule has 10 aromatic carbocycles. The van der Waals surface area contributed by atoms with E-state index in [1.165, 1.54) is 0 Å². The van der Waals surface area contributed by atoms with Crippen LogP contribution in [0.15, 0.2) is 243 Å². The average molecular weight is 1160 g/mol. The first kappa shape index (κ1) is 61.5. The molecule has 88 heavy (non-hydrogen) atoms. The number of hydrogen-bond donors (Lipinski definition) is 2. The van der Waals surface area contributed by atoms with Crippen molar-refractivity contribution in [3.8, 4) is 28.4 Å². The summed E-state index contributed by atoms with van der Waals surface area (Å²) in [6.45, 7) is 24.6. The third-order valence-corrected chi connectivity index (χ3v) is 18.8. The van der Waals surface area contributed by atoms with Crippen LogP contribution < -0.4 is 4.74 Å². The minimum absolute atomic E-state index is 0.133. The van der Waals surface area contributed by atoms with Crippen LogP contribution in [0.25, 0.3) is 11.1 Å². The molecule has 0 fully saturated rings. The summed E-state index contributed by atoms with van der Waals surface area (Å²) < 4.78 is 12.9. The van der Waals surface area contributed by atoms with E-state index in [4.69, 9.17) is 9.47 Å². The number of benzene rings is 10. The molecule has 0 bridgehead atoms. The van der Waals surface area contributed by atoms with Gasteiger partial charge in [0.2, 0.25) is 0 Å². The second-order valence-electron chi connectivity index (χ2n) is 26.3. The number of hydrogen-bond acceptors (Lipinski definition) is 7. The van der Waals surface area contributed by atoms with Crippen LogP contribution >= 0.6 is 0 Å². The van der Waals surface area contributed by atoms with Gasteiger partial charge in [0.1, 0.15) is 28.2 Å². The third kappa shape index (κ3) is 11.7. The van der Waals surface area contributed by atoms with Crippen LogP contribution in [0.3, 0.4) is 0 Å². The van der Waals surface area contributed by atoms with Crippen molar-refractivity contribution in [3.05, 3.63) is 326 Å². The second kappa shape index (κ2) is 23.9. The minimum atomic E-state index is -1.13. The van der Waals surface area contributed by atoms with Crippen molar-refractivity contribution < 1.29 is 34.1 Å². The molecule has 0 aliphatic heterocycles. The third-order valence-electron chi connectivity index (χ3n) is 18.8. The number of carbonyl (C=O) groups is 3. The van der Waals surface area contributed by atoms with Crippen molar-refractivity contribution in [2.75, 3.05) is 0 Å². The number of ether oxygens (including phenoxy) is 2. The second-order valence-corrected chi connectivity index (χ2v) is 26.3. The zero-order valence-electron chi connectivity index (χ0n) is 52.5. The van der Waals surface area contributed by atoms with Crippen molar-refractivity contribution in [1.29, 1.82) is 0 Å². The van der Waals surface area contributed by atoms with Gasteiger partial charge < -0.3 is 19.7 Å². The molecule has 10 rings (SSSR count). The fraction of sp³-hybridized carbons (Fsp3) is 0.222. The topological polar surface area (TPSA) is 110 Å². The number of rotatable bonds is 17. The lowest BCUT2D eigenvalue weighted by Gasteiger charge is -2.32. The van der Waals surface area contributed by atoms with Gasteiger partial charge >= 0.3 is 17.9 Å². The van der Waals surface area contributed by atoms with Crippen molar-refractivity contribution in [2.24, 2.45) is 0 Å². The monoisotopic (exact) mass is 1160 g/mol. The number of aromatic hydroxyl groups is 2. The van der Waals surface area contributed by atoms with Crippen molar-refractivity contribution >= 4 is 17.9 Å². The van der Waals surface area contributed by atoms with E-state index < -0.39 is 50.4 Å². The lowest BCUT2D eigenvalue weighted by molar-refractivity contribution is 0.0393. The van der Waals surface area contributed by atoms with Gasteiger partial charge in [0.05, 0.1) is 0 Å². The number of phenols is 2. The molecule has 0 amide bonds. The number of esters is 3. The Morgan fingerprint density at radius 3 is 0.886 bits per heavy atom. The first-order valence-electron chi connectivity index (χ1n) is 30.1. The van der Waals surface area contributed by atoms with Crippen LogP contribution in [0.1, 0.15) is 181 Å². The van der Waals surface area contributed by atoms with Crippen LogP contribution in [-0.2, 0) is 37.2 Å². The quantitative estimate of drug-likeness (QED) is 0.0531. The highest BCUT2D eigenvalue weighted by Crippen LogP contribution is 2.48. The van der Waals surface area contributed by atoms with Gasteiger partial charge in [-0.2, -0.15) is 0 Å². The lowest BCUT2D eigenvalue weighted by atomic mass is 9.72. The summed E-state index contributed by atoms with van der Waals surface area (Å²) in [6.07, 6.45) is 0. The predicted molar refractivity (Wildman–Crippen MR) is 354 cm³/mol. The summed E-state index contributed by atoms with van der Waals surface area (Å²) in [5, 5.41) is 25.3. The Kier molecular flexibility index (Phi) is 16.7. The van der Waals surface area contributed by atoms with Crippen LogP contribution in [0.5, 0.6) is 17.2 Å². The van der Waals surface area contributed by atoms with Gasteiger partial charge in [0.25, 0.3) is 0 Å². The van der Waals surface area contributed by atoms with E-state index in [2.05, 4.69) is 39.8 Å². The maximum absolute atomic E-state index is 15.8. The first-order chi connectivity index (χ1) is 41.7. The average Bonchev–Trinajstić information content (AvgIpc) is 1.59. The van der Waals surface area contributed by atoms with E-state index in [0.717, 1.165) is 44.5 Å². The SMILES string of the molecule is CC(C)(c1ccccc1)c1ccc(-c2cc(C(C)(C)c3ccccc3)cc(C(=O)OC(=O)c3cc(C(C)(C)c4ccccc4)cc(C(C)(C)c4ccccc4)c3O)c2OC(=O)c2cc(C(C)(C)c3ccccc3)cc(C(C)(C)c3ccccc3)c2O)cc1. The molecule has 7 heteroatoms. The molecule has 444 valence electrons. The van der Waals surface area contributed by atoms with E-state index in [0.29, 0.717) is 33.4 Å². The molecule has 0 saturated heterocycles. The molecule has 2 N–H and O–H groups in total. The van der Waals surface area contributed by atoms with E-state index >= 15 is 14.4 Å². The molecule has 0 atom stereocenters. The van der Waals surface area contributed by atoms with Gasteiger partial charge in [-0.15, -0.1) is 0 Å². The minimum Gasteiger partial charge on any atom is -0.507 e. The summed E-state index contributed by atoms with van der Waals surface area (Å²) in [4.78, 5) is 47.0. The summed E-state index contributed by atoms with van der Waals surface area (Å²) in [5.41, 5.74) is 5.86. The van der Waals surface area contributed by atoms with Crippen molar-refractivity contribution in [1.82, 2.24) is 0 Å². The molecule has 0 aromatic heterocycles. The van der Waals surface area contributed by atoms with Gasteiger partial charge in [-0.3, -0.25) is 0 Å². The van der Waals surface area contributed by atoms with E-state index in [1.807, 2.05) is 268 Å². The van der Waals surface area contributed by atoms with Crippen molar-refractivity contribution in [2.45, 2.75) is 116 Å². The van der Waals surface area contributed by atoms with E-state index in [-0.39, 0.29) is 33.9 Å². The highest BCUT2D eigenvalue weighted by atomic mass is 16.6. The highest BCUT2D eigenvalue weighted by molar-refractivity contribution is 6.07. The standard InChI is InChI=1S/C81H78O7/c1-76(2,54-31-19-13-20-32-54)60-45-43-53(44-46-60)64-47-61(77(3,4)55-33-21-14-22-34-55)50-67(72(64)87-73(84)65-48-62(78(5,6)56-35-23-15-24-36-56)51-68(70(65)82)80(9,10)58-39-27-17-28-40-58)75(86)88-74(85)66-49-63(79(7,8)57-37-25-16-26-38-57)52-69(71(66)83)81(11,12)59-41-29-18-30-42-59/h13-52,82-83H,1-12H3. The predicted octanol–water partition coefficient (Wildman–Crippen LogP) is 18.9. The van der Waals surface area contributed by atoms with Crippen molar-refractivity contribution in [3.63, 3.8) is 0 Å². The number of phenolic OH excluding ortho intramolecular Hbond substituents is 2. The van der Waals surface area contributed by atoms with Crippen LogP contribution in [0, 0.1) is 0 Å². The lowest BCUT2D eigenvalue weighted by Crippen LogP contribution is -2.26. The maximum atomic E-state index is 15.8. The van der Waals surface area contributed by atoms with Crippen LogP contribution in [-0.4, -0.2) is 28.1 Å². The number of carbonyl (C=O) groups excluding carboxylic acids is 3. The van der Waals surface area contributed by atoms with Gasteiger partial charge in [-0.05, 0) is 85.5 Å². The normalized spacial score (nSPS) is 12.3. The molecule has 0 spiro atoms. The summed E-state index contributed by atoms with van der Waals surface area (Å²) in [7, 11) is 0. The molecule has 0 heterocycles. The summed E-state index contributed by atoms with van der Waals surface area (Å²) >= 11 is 0. The van der Waals surface area contributed by atoms with E-state index in [9.17, 15) is 10.2 Å². The molecular weight excluding hydrogens is 1080 g/mol. The Hall–Kier alpha value is -9.59. The fourth-order valence-corrected chi connectivity index (χ4v) is 12.2. The Morgan fingerprint density at radius 2 is 0.545 bits per heavy atom. The summed E-state index contributed by atoms with van der Waals surface area (Å²) in [5.74, 6) is -4.02. The molecule has 0 radical (unpaired) electrons. The van der Waals surface area contributed by atoms with E-state index in [1.54, 1.807) is 18.2 Å². The van der Waals surface area contributed by atoms with Gasteiger partial charge in [0.15, 0.2) is 5.75 Å². The molecule has 0 saturated carbocycles. The largest absolute Gasteiger partial charge is 0.507 e. The van der Waals surface area contributed by atoms with Gasteiger partial charge in [-0.1, -0.05) is 301 Å². The maximum Gasteiger partial charge on any atom is 0.349 e. The zero-order chi connectivity index (χ0) is 63.0. The van der Waals surface area contributed by atoms with Gasteiger partial charge in [0, 0.05) is 49.2 Å². The Balaban J connectivity index is 1.19. The smallest absolute Gasteiger partial charge is 0.349 e. The fourth-order valence-electron chi connectivity index (χ4n) is 12.2. The first-order valence-corrected chi connectivity index (χ1v) is 30.1. The molecule has 10 aromatic rings. The zero-order valence-corrected chi connectivity index (χ0v) is 52.5. The Bertz CT molecular complexity index is 4160. The highest BCUT2D eigenvalue weighted by Gasteiger charge is 2.38. The van der Waals surface area contributed by atoms with Gasteiger partial charge in [-0.25, -0.2) is 14.4 Å². The molecular formula is C81H78O7. The molecule has 0 aliphatic carbocycles. The molecule has 0 aliphatic rings. The Morgan fingerprint density at radius 1 is 0.284 bits per heavy atom. The molecule has 0 unspecified atom stereocenters. The molecule has 7 nitrogen and oxygen atoms in total. The summed E-state index contributed by atoms with van der Waals surface area (Å²) in [6, 6.07) is 78.2. The Labute approximate surface area is 519 Å². The van der Waals surface area contributed by atoms with Crippen LogP contribution in [0.2, 0.25) is 0 Å². The van der Waals surface area contributed by atoms with Crippen LogP contribution in [0.4, 0.5) is 0 Å².